The standard InChI is InChI=1S/C16H17ClN4O3/c1-23-15-18-14(19-16(20-15)24-2)12-7-8-13(22)21(12)9-10-3-5-11(17)6-4-10/h3-6,12H,7-9H2,1-2H3. The molecule has 24 heavy (non-hydrogen) atoms. The van der Waals surface area contributed by atoms with Gasteiger partial charge in [0, 0.05) is 18.0 Å². The van der Waals surface area contributed by atoms with E-state index in [0.29, 0.717) is 30.2 Å². The summed E-state index contributed by atoms with van der Waals surface area (Å²) in [5.41, 5.74) is 0.993. The third-order valence-electron chi connectivity index (χ3n) is 3.87. The lowest BCUT2D eigenvalue weighted by Crippen LogP contribution is -2.28. The lowest BCUT2D eigenvalue weighted by molar-refractivity contribution is -0.129. The highest BCUT2D eigenvalue weighted by molar-refractivity contribution is 6.30. The Morgan fingerprint density at radius 1 is 1.12 bits per heavy atom. The number of carbonyl (C=O) groups is 1. The van der Waals surface area contributed by atoms with Gasteiger partial charge in [-0.15, -0.1) is 4.98 Å². The fourth-order valence-electron chi connectivity index (χ4n) is 2.67. The van der Waals surface area contributed by atoms with Crippen molar-refractivity contribution in [3.63, 3.8) is 0 Å². The summed E-state index contributed by atoms with van der Waals surface area (Å²) in [7, 11) is 2.95. The summed E-state index contributed by atoms with van der Waals surface area (Å²) in [5, 5.41) is 0.662. The predicted molar refractivity (Wildman–Crippen MR) is 86.9 cm³/mol. The molecule has 1 unspecified atom stereocenters. The normalized spacial score (nSPS) is 17.2. The number of likely N-dealkylation sites (tertiary alicyclic amines) is 1. The Morgan fingerprint density at radius 3 is 2.33 bits per heavy atom. The number of hydrogen-bond acceptors (Lipinski definition) is 6. The van der Waals surface area contributed by atoms with E-state index in [1.165, 1.54) is 14.2 Å². The molecule has 2 aromatic rings. The molecule has 1 aromatic heterocycles. The maximum atomic E-state index is 12.3. The van der Waals surface area contributed by atoms with Gasteiger partial charge in [-0.2, -0.15) is 9.97 Å². The first-order valence-electron chi connectivity index (χ1n) is 7.48. The van der Waals surface area contributed by atoms with Crippen molar-refractivity contribution >= 4 is 17.5 Å². The Bertz CT molecular complexity index is 716. The first-order chi connectivity index (χ1) is 11.6. The Kier molecular flexibility index (Phi) is 4.80. The molecule has 1 amide bonds. The van der Waals surface area contributed by atoms with E-state index in [4.69, 9.17) is 21.1 Å². The molecule has 0 bridgehead atoms. The Labute approximate surface area is 144 Å². The minimum atomic E-state index is -0.237. The number of hydrogen-bond donors (Lipinski definition) is 0. The number of halogens is 1. The molecule has 126 valence electrons. The summed E-state index contributed by atoms with van der Waals surface area (Å²) in [6.07, 6.45) is 1.09. The minimum Gasteiger partial charge on any atom is -0.467 e. The van der Waals surface area contributed by atoms with Crippen LogP contribution >= 0.6 is 11.6 Å². The summed E-state index contributed by atoms with van der Waals surface area (Å²) in [6, 6.07) is 7.52. The SMILES string of the molecule is COc1nc(OC)nc(C2CCC(=O)N2Cc2ccc(Cl)cc2)n1. The van der Waals surface area contributed by atoms with Crippen LogP contribution in [0.3, 0.4) is 0 Å². The summed E-state index contributed by atoms with van der Waals surface area (Å²) >= 11 is 5.91. The molecule has 1 aromatic carbocycles. The third-order valence-corrected chi connectivity index (χ3v) is 4.12. The number of carbonyl (C=O) groups excluding carboxylic acids is 1. The quantitative estimate of drug-likeness (QED) is 0.825. The average molecular weight is 349 g/mol. The lowest BCUT2D eigenvalue weighted by Gasteiger charge is -2.24. The smallest absolute Gasteiger partial charge is 0.322 e. The van der Waals surface area contributed by atoms with E-state index in [1.54, 1.807) is 17.0 Å². The molecular formula is C16H17ClN4O3. The van der Waals surface area contributed by atoms with Crippen LogP contribution in [0, 0.1) is 0 Å². The highest BCUT2D eigenvalue weighted by Gasteiger charge is 2.34. The fourth-order valence-corrected chi connectivity index (χ4v) is 2.80. The molecule has 0 spiro atoms. The van der Waals surface area contributed by atoms with E-state index >= 15 is 0 Å². The van der Waals surface area contributed by atoms with Crippen LogP contribution < -0.4 is 9.47 Å². The topological polar surface area (TPSA) is 77.4 Å². The number of aromatic nitrogens is 3. The monoisotopic (exact) mass is 348 g/mol. The van der Waals surface area contributed by atoms with E-state index in [2.05, 4.69) is 15.0 Å². The van der Waals surface area contributed by atoms with E-state index in [-0.39, 0.29) is 24.0 Å². The van der Waals surface area contributed by atoms with Crippen molar-refractivity contribution in [2.24, 2.45) is 0 Å². The zero-order valence-electron chi connectivity index (χ0n) is 13.4. The zero-order chi connectivity index (χ0) is 17.1. The fraction of sp³-hybridized carbons (Fsp3) is 0.375. The molecule has 0 aliphatic carbocycles. The first-order valence-corrected chi connectivity index (χ1v) is 7.86. The van der Waals surface area contributed by atoms with Crippen LogP contribution in [0.4, 0.5) is 0 Å². The van der Waals surface area contributed by atoms with Gasteiger partial charge in [0.15, 0.2) is 5.82 Å². The molecule has 1 aliphatic rings. The zero-order valence-corrected chi connectivity index (χ0v) is 14.2. The maximum absolute atomic E-state index is 12.3. The van der Waals surface area contributed by atoms with Gasteiger partial charge in [-0.1, -0.05) is 23.7 Å². The van der Waals surface area contributed by atoms with Crippen molar-refractivity contribution < 1.29 is 14.3 Å². The molecule has 0 N–H and O–H groups in total. The minimum absolute atomic E-state index is 0.0632. The summed E-state index contributed by atoms with van der Waals surface area (Å²) < 4.78 is 10.2. The van der Waals surface area contributed by atoms with Gasteiger partial charge in [0.25, 0.3) is 0 Å². The second-order valence-electron chi connectivity index (χ2n) is 5.37. The van der Waals surface area contributed by atoms with Crippen LogP contribution in [0.25, 0.3) is 0 Å². The molecule has 1 aliphatic heterocycles. The van der Waals surface area contributed by atoms with Crippen molar-refractivity contribution in [3.8, 4) is 12.0 Å². The molecule has 3 rings (SSSR count). The number of ether oxygens (including phenoxy) is 2. The van der Waals surface area contributed by atoms with E-state index < -0.39 is 0 Å². The van der Waals surface area contributed by atoms with Crippen molar-refractivity contribution in [2.75, 3.05) is 14.2 Å². The van der Waals surface area contributed by atoms with Crippen LogP contribution in [0.5, 0.6) is 12.0 Å². The molecule has 1 fully saturated rings. The molecule has 1 atom stereocenters. The van der Waals surface area contributed by atoms with Crippen LogP contribution in [0.2, 0.25) is 5.02 Å². The van der Waals surface area contributed by atoms with Gasteiger partial charge in [0.1, 0.15) is 0 Å². The van der Waals surface area contributed by atoms with Gasteiger partial charge in [-0.25, -0.2) is 0 Å². The van der Waals surface area contributed by atoms with Crippen LogP contribution in [0.1, 0.15) is 30.3 Å². The molecular weight excluding hydrogens is 332 g/mol. The molecule has 8 heteroatoms. The van der Waals surface area contributed by atoms with E-state index in [9.17, 15) is 4.79 Å². The van der Waals surface area contributed by atoms with E-state index in [0.717, 1.165) is 5.56 Å². The second-order valence-corrected chi connectivity index (χ2v) is 5.81. The number of nitrogens with zero attached hydrogens (tertiary/aromatic N) is 4. The van der Waals surface area contributed by atoms with Crippen LogP contribution in [-0.4, -0.2) is 40.0 Å². The number of amides is 1. The number of rotatable bonds is 5. The summed E-state index contributed by atoms with van der Waals surface area (Å²) in [6.45, 7) is 0.469. The van der Waals surface area contributed by atoms with E-state index in [1.807, 2.05) is 12.1 Å². The van der Waals surface area contributed by atoms with Gasteiger partial charge in [0.2, 0.25) is 5.91 Å². The van der Waals surface area contributed by atoms with Gasteiger partial charge in [-0.3, -0.25) is 4.79 Å². The number of methoxy groups -OCH3 is 2. The largest absolute Gasteiger partial charge is 0.467 e. The first kappa shape index (κ1) is 16.4. The maximum Gasteiger partial charge on any atom is 0.322 e. The highest BCUT2D eigenvalue weighted by Crippen LogP contribution is 2.33. The Hall–Kier alpha value is -2.41. The summed E-state index contributed by atoms with van der Waals surface area (Å²) in [4.78, 5) is 26.6. The predicted octanol–water partition coefficient (Wildman–Crippen LogP) is 2.41. The van der Waals surface area contributed by atoms with Crippen molar-refractivity contribution in [3.05, 3.63) is 40.7 Å². The Morgan fingerprint density at radius 2 is 1.75 bits per heavy atom. The molecule has 0 radical (unpaired) electrons. The van der Waals surface area contributed by atoms with Gasteiger partial charge < -0.3 is 14.4 Å². The van der Waals surface area contributed by atoms with Gasteiger partial charge in [-0.05, 0) is 24.1 Å². The van der Waals surface area contributed by atoms with Crippen molar-refractivity contribution in [1.82, 2.24) is 19.9 Å². The molecule has 0 saturated carbocycles. The van der Waals surface area contributed by atoms with Gasteiger partial charge >= 0.3 is 12.0 Å². The lowest BCUT2D eigenvalue weighted by atomic mass is 10.1. The number of benzene rings is 1. The van der Waals surface area contributed by atoms with Gasteiger partial charge in [0.05, 0.1) is 20.3 Å². The highest BCUT2D eigenvalue weighted by atomic mass is 35.5. The molecule has 1 saturated heterocycles. The second kappa shape index (κ2) is 7.00. The van der Waals surface area contributed by atoms with Crippen LogP contribution in [-0.2, 0) is 11.3 Å². The molecule has 7 nitrogen and oxygen atoms in total. The average Bonchev–Trinajstić information content (AvgIpc) is 2.97. The Balaban J connectivity index is 1.88. The summed E-state index contributed by atoms with van der Waals surface area (Å²) in [5.74, 6) is 0.534. The third kappa shape index (κ3) is 3.41. The van der Waals surface area contributed by atoms with Crippen molar-refractivity contribution in [1.29, 1.82) is 0 Å². The molecule has 2 heterocycles. The van der Waals surface area contributed by atoms with Crippen LogP contribution in [0.15, 0.2) is 24.3 Å². The van der Waals surface area contributed by atoms with Crippen molar-refractivity contribution in [2.45, 2.75) is 25.4 Å².